The molecule has 0 bridgehead atoms. The van der Waals surface area contributed by atoms with E-state index in [0.29, 0.717) is 23.9 Å². The maximum atomic E-state index is 12.8. The van der Waals surface area contributed by atoms with Gasteiger partial charge in [0.25, 0.3) is 0 Å². The van der Waals surface area contributed by atoms with Crippen LogP contribution in [0, 0.1) is 19.8 Å². The molecule has 0 radical (unpaired) electrons. The Bertz CT molecular complexity index is 569. The Hall–Kier alpha value is -0.910. The van der Waals surface area contributed by atoms with Crippen molar-refractivity contribution in [2.75, 3.05) is 13.1 Å². The van der Waals surface area contributed by atoms with Gasteiger partial charge >= 0.3 is 0 Å². The molecule has 1 aromatic carbocycles. The van der Waals surface area contributed by atoms with Crippen LogP contribution in [0.3, 0.4) is 0 Å². The van der Waals surface area contributed by atoms with Crippen LogP contribution in [-0.2, 0) is 10.0 Å². The summed E-state index contributed by atoms with van der Waals surface area (Å²) in [5, 5.41) is 0. The normalized spacial score (nSPS) is 24.8. The molecule has 0 aromatic heterocycles. The van der Waals surface area contributed by atoms with Gasteiger partial charge in [0, 0.05) is 19.1 Å². The van der Waals surface area contributed by atoms with Crippen LogP contribution >= 0.6 is 0 Å². The Balaban J connectivity index is 2.42. The van der Waals surface area contributed by atoms with E-state index in [-0.39, 0.29) is 6.04 Å². The molecule has 0 aliphatic carbocycles. The maximum absolute atomic E-state index is 12.8. The number of nitrogens with two attached hydrogens (primary N) is 1. The van der Waals surface area contributed by atoms with Gasteiger partial charge in [-0.05, 0) is 37.8 Å². The Morgan fingerprint density at radius 2 is 2.05 bits per heavy atom. The standard InChI is InChI=1S/C14H22N2O2S/c1-10-4-5-14(12(3)8-10)19(17,18)16-7-6-11(2)13(16)9-15/h4-5,8,11,13H,6-7,9,15H2,1-3H3. The minimum atomic E-state index is -3.43. The largest absolute Gasteiger partial charge is 0.329 e. The molecule has 0 spiro atoms. The number of sulfonamides is 1. The highest BCUT2D eigenvalue weighted by molar-refractivity contribution is 7.89. The lowest BCUT2D eigenvalue weighted by Crippen LogP contribution is -2.42. The number of rotatable bonds is 3. The molecule has 4 nitrogen and oxygen atoms in total. The molecule has 0 saturated carbocycles. The van der Waals surface area contributed by atoms with Gasteiger partial charge in [-0.15, -0.1) is 0 Å². The van der Waals surface area contributed by atoms with Crippen molar-refractivity contribution in [2.45, 2.75) is 38.1 Å². The third-order valence-corrected chi connectivity index (χ3v) is 6.07. The third kappa shape index (κ3) is 2.55. The Morgan fingerprint density at radius 3 is 2.63 bits per heavy atom. The lowest BCUT2D eigenvalue weighted by molar-refractivity contribution is 0.354. The van der Waals surface area contributed by atoms with E-state index in [1.807, 2.05) is 26.0 Å². The van der Waals surface area contributed by atoms with Crippen molar-refractivity contribution in [1.29, 1.82) is 0 Å². The molecule has 1 saturated heterocycles. The van der Waals surface area contributed by atoms with Crippen molar-refractivity contribution in [3.63, 3.8) is 0 Å². The van der Waals surface area contributed by atoms with Gasteiger partial charge in [-0.25, -0.2) is 8.42 Å². The molecule has 1 fully saturated rings. The summed E-state index contributed by atoms with van der Waals surface area (Å²) in [6.45, 7) is 6.82. The fraction of sp³-hybridized carbons (Fsp3) is 0.571. The average molecular weight is 282 g/mol. The number of benzene rings is 1. The Kier molecular flexibility index (Phi) is 3.99. The van der Waals surface area contributed by atoms with E-state index < -0.39 is 10.0 Å². The molecular weight excluding hydrogens is 260 g/mol. The van der Waals surface area contributed by atoms with E-state index in [9.17, 15) is 8.42 Å². The summed E-state index contributed by atoms with van der Waals surface area (Å²) in [6.07, 6.45) is 0.881. The molecule has 1 heterocycles. The zero-order chi connectivity index (χ0) is 14.2. The zero-order valence-electron chi connectivity index (χ0n) is 11.8. The zero-order valence-corrected chi connectivity index (χ0v) is 12.6. The molecule has 0 amide bonds. The lowest BCUT2D eigenvalue weighted by Gasteiger charge is -2.25. The van der Waals surface area contributed by atoms with E-state index in [4.69, 9.17) is 5.73 Å². The molecule has 2 unspecified atom stereocenters. The van der Waals surface area contributed by atoms with Crippen molar-refractivity contribution in [3.8, 4) is 0 Å². The summed E-state index contributed by atoms with van der Waals surface area (Å²) in [5.41, 5.74) is 7.62. The molecule has 1 aromatic rings. The Morgan fingerprint density at radius 1 is 1.37 bits per heavy atom. The molecule has 2 atom stereocenters. The van der Waals surface area contributed by atoms with E-state index in [0.717, 1.165) is 17.5 Å². The molecule has 106 valence electrons. The predicted molar refractivity (Wildman–Crippen MR) is 76.4 cm³/mol. The second-order valence-electron chi connectivity index (χ2n) is 5.45. The summed E-state index contributed by atoms with van der Waals surface area (Å²) < 4.78 is 27.1. The van der Waals surface area contributed by atoms with Gasteiger partial charge in [-0.2, -0.15) is 4.31 Å². The van der Waals surface area contributed by atoms with E-state index in [1.54, 1.807) is 10.4 Å². The maximum Gasteiger partial charge on any atom is 0.243 e. The van der Waals surface area contributed by atoms with Gasteiger partial charge in [0.1, 0.15) is 0 Å². The topological polar surface area (TPSA) is 63.4 Å². The second-order valence-corrected chi connectivity index (χ2v) is 7.31. The van der Waals surface area contributed by atoms with Crippen LogP contribution in [0.2, 0.25) is 0 Å². The monoisotopic (exact) mass is 282 g/mol. The predicted octanol–water partition coefficient (Wildman–Crippen LogP) is 1.66. The van der Waals surface area contributed by atoms with Gasteiger partial charge in [-0.3, -0.25) is 0 Å². The lowest BCUT2D eigenvalue weighted by atomic mass is 10.0. The van der Waals surface area contributed by atoms with Crippen LogP contribution in [-0.4, -0.2) is 31.9 Å². The van der Waals surface area contributed by atoms with Crippen LogP contribution in [0.15, 0.2) is 23.1 Å². The van der Waals surface area contributed by atoms with Crippen molar-refractivity contribution >= 4 is 10.0 Å². The number of hydrogen-bond donors (Lipinski definition) is 1. The molecule has 2 N–H and O–H groups in total. The minimum Gasteiger partial charge on any atom is -0.329 e. The fourth-order valence-corrected chi connectivity index (χ4v) is 4.79. The van der Waals surface area contributed by atoms with Gasteiger partial charge in [0.05, 0.1) is 4.90 Å². The summed E-state index contributed by atoms with van der Waals surface area (Å²) in [7, 11) is -3.43. The molecule has 1 aliphatic heterocycles. The van der Waals surface area contributed by atoms with Crippen LogP contribution in [0.1, 0.15) is 24.5 Å². The van der Waals surface area contributed by atoms with Crippen molar-refractivity contribution in [3.05, 3.63) is 29.3 Å². The van der Waals surface area contributed by atoms with E-state index in [1.165, 1.54) is 0 Å². The van der Waals surface area contributed by atoms with Gasteiger partial charge < -0.3 is 5.73 Å². The number of hydrogen-bond acceptors (Lipinski definition) is 3. The first-order valence-electron chi connectivity index (χ1n) is 6.67. The summed E-state index contributed by atoms with van der Waals surface area (Å²) in [6, 6.07) is 5.38. The van der Waals surface area contributed by atoms with Crippen LogP contribution in [0.25, 0.3) is 0 Å². The Labute approximate surface area is 115 Å². The van der Waals surface area contributed by atoms with Gasteiger partial charge in [-0.1, -0.05) is 24.6 Å². The van der Waals surface area contributed by atoms with Crippen molar-refractivity contribution < 1.29 is 8.42 Å². The third-order valence-electron chi connectivity index (χ3n) is 3.99. The van der Waals surface area contributed by atoms with Gasteiger partial charge in [0.15, 0.2) is 0 Å². The summed E-state index contributed by atoms with van der Waals surface area (Å²) in [4.78, 5) is 0.408. The molecule has 19 heavy (non-hydrogen) atoms. The van der Waals surface area contributed by atoms with Crippen LogP contribution < -0.4 is 5.73 Å². The van der Waals surface area contributed by atoms with Crippen molar-refractivity contribution in [1.82, 2.24) is 4.31 Å². The number of aryl methyl sites for hydroxylation is 2. The van der Waals surface area contributed by atoms with Crippen molar-refractivity contribution in [2.24, 2.45) is 11.7 Å². The quantitative estimate of drug-likeness (QED) is 0.917. The highest BCUT2D eigenvalue weighted by atomic mass is 32.2. The summed E-state index contributed by atoms with van der Waals surface area (Å²) >= 11 is 0. The molecule has 1 aliphatic rings. The highest BCUT2D eigenvalue weighted by Crippen LogP contribution is 2.30. The van der Waals surface area contributed by atoms with E-state index >= 15 is 0 Å². The highest BCUT2D eigenvalue weighted by Gasteiger charge is 2.39. The fourth-order valence-electron chi connectivity index (χ4n) is 2.84. The molecule has 5 heteroatoms. The second kappa shape index (κ2) is 5.23. The SMILES string of the molecule is Cc1ccc(S(=O)(=O)N2CCC(C)C2CN)c(C)c1. The molecular formula is C14H22N2O2S. The first-order valence-corrected chi connectivity index (χ1v) is 8.11. The van der Waals surface area contributed by atoms with E-state index in [2.05, 4.69) is 6.92 Å². The van der Waals surface area contributed by atoms with Crippen LogP contribution in [0.4, 0.5) is 0 Å². The smallest absolute Gasteiger partial charge is 0.243 e. The first kappa shape index (κ1) is 14.5. The summed E-state index contributed by atoms with van der Waals surface area (Å²) in [5.74, 6) is 0.325. The first-order chi connectivity index (χ1) is 8.87. The van der Waals surface area contributed by atoms with Crippen LogP contribution in [0.5, 0.6) is 0 Å². The minimum absolute atomic E-state index is 0.0781. The van der Waals surface area contributed by atoms with Gasteiger partial charge in [0.2, 0.25) is 10.0 Å². The average Bonchev–Trinajstić information content (AvgIpc) is 2.70. The number of nitrogens with zero attached hydrogens (tertiary/aromatic N) is 1. The molecule has 2 rings (SSSR count).